The summed E-state index contributed by atoms with van der Waals surface area (Å²) in [6, 6.07) is 0. The Bertz CT molecular complexity index is 176. The molecule has 1 unspecified atom stereocenters. The molecule has 62 valence electrons. The first-order valence-electron chi connectivity index (χ1n) is 3.18. The van der Waals surface area contributed by atoms with Crippen molar-refractivity contribution in [1.29, 1.82) is 0 Å². The second-order valence-corrected chi connectivity index (χ2v) is 2.09. The van der Waals surface area contributed by atoms with E-state index in [-0.39, 0.29) is 12.4 Å². The van der Waals surface area contributed by atoms with Crippen LogP contribution < -0.4 is 0 Å². The fourth-order valence-corrected chi connectivity index (χ4v) is 0.827. The third-order valence-corrected chi connectivity index (χ3v) is 1.31. The maximum Gasteiger partial charge on any atom is 0.382 e. The number of hydrogen-bond donors (Lipinski definition) is 0. The molecule has 0 aliphatic carbocycles. The molecular formula is C6H8O5. The number of ether oxygens (including phenoxy) is 1. The quantitative estimate of drug-likeness (QED) is 0.318. The highest BCUT2D eigenvalue weighted by Crippen LogP contribution is 2.14. The monoisotopic (exact) mass is 160 g/mol. The standard InChI is InChI=1S/C6H8O5/c1-9-11-6(8)4-2-3-5(7)10-4/h4H,2-3H2,1H3. The molecule has 0 amide bonds. The maximum absolute atomic E-state index is 10.8. The third-order valence-electron chi connectivity index (χ3n) is 1.31. The van der Waals surface area contributed by atoms with Crippen molar-refractivity contribution in [3.63, 3.8) is 0 Å². The number of carbonyl (C=O) groups excluding carboxylic acids is 2. The lowest BCUT2D eigenvalue weighted by Gasteiger charge is -2.04. The zero-order valence-electron chi connectivity index (χ0n) is 6.03. The minimum absolute atomic E-state index is 0.267. The number of carbonyl (C=O) groups is 2. The Kier molecular flexibility index (Phi) is 2.43. The van der Waals surface area contributed by atoms with E-state index >= 15 is 0 Å². The second-order valence-electron chi connectivity index (χ2n) is 2.09. The summed E-state index contributed by atoms with van der Waals surface area (Å²) in [6.07, 6.45) is -0.132. The van der Waals surface area contributed by atoms with Crippen LogP contribution in [0.25, 0.3) is 0 Å². The van der Waals surface area contributed by atoms with Crippen molar-refractivity contribution >= 4 is 11.9 Å². The van der Waals surface area contributed by atoms with Gasteiger partial charge in [0, 0.05) is 12.8 Å². The van der Waals surface area contributed by atoms with E-state index in [0.29, 0.717) is 6.42 Å². The summed E-state index contributed by atoms with van der Waals surface area (Å²) in [5.74, 6) is -1.03. The predicted octanol–water partition coefficient (Wildman–Crippen LogP) is -0.203. The molecule has 1 heterocycles. The summed E-state index contributed by atoms with van der Waals surface area (Å²) in [5, 5.41) is 0. The summed E-state index contributed by atoms with van der Waals surface area (Å²) in [5.41, 5.74) is 0. The van der Waals surface area contributed by atoms with Crippen molar-refractivity contribution in [2.45, 2.75) is 18.9 Å². The lowest BCUT2D eigenvalue weighted by atomic mass is 10.2. The van der Waals surface area contributed by atoms with Gasteiger partial charge in [0.15, 0.2) is 0 Å². The van der Waals surface area contributed by atoms with Crippen LogP contribution in [0.4, 0.5) is 0 Å². The van der Waals surface area contributed by atoms with Crippen LogP contribution in [0.2, 0.25) is 0 Å². The summed E-state index contributed by atoms with van der Waals surface area (Å²) in [6.45, 7) is 0. The lowest BCUT2D eigenvalue weighted by Crippen LogP contribution is -2.22. The molecule has 1 atom stereocenters. The minimum atomic E-state index is -0.776. The zero-order chi connectivity index (χ0) is 8.27. The van der Waals surface area contributed by atoms with E-state index in [0.717, 1.165) is 0 Å². The molecule has 1 aliphatic heterocycles. The molecule has 1 saturated heterocycles. The topological polar surface area (TPSA) is 61.8 Å². The average molecular weight is 160 g/mol. The summed E-state index contributed by atoms with van der Waals surface area (Å²) >= 11 is 0. The molecule has 1 fully saturated rings. The minimum Gasteiger partial charge on any atom is -0.450 e. The van der Waals surface area contributed by atoms with E-state index in [4.69, 9.17) is 0 Å². The van der Waals surface area contributed by atoms with E-state index in [1.54, 1.807) is 0 Å². The van der Waals surface area contributed by atoms with Gasteiger partial charge in [-0.2, -0.15) is 4.89 Å². The van der Waals surface area contributed by atoms with Crippen LogP contribution in [0.15, 0.2) is 0 Å². The highest BCUT2D eigenvalue weighted by Gasteiger charge is 2.31. The maximum atomic E-state index is 10.8. The lowest BCUT2D eigenvalue weighted by molar-refractivity contribution is -0.261. The smallest absolute Gasteiger partial charge is 0.382 e. The Hall–Kier alpha value is -1.10. The molecule has 1 rings (SSSR count). The Morgan fingerprint density at radius 3 is 2.91 bits per heavy atom. The number of rotatable bonds is 2. The summed E-state index contributed by atoms with van der Waals surface area (Å²) in [4.78, 5) is 29.5. The van der Waals surface area contributed by atoms with Crippen LogP contribution in [0.1, 0.15) is 12.8 Å². The third kappa shape index (κ3) is 1.91. The molecule has 0 aromatic rings. The molecule has 11 heavy (non-hydrogen) atoms. The first kappa shape index (κ1) is 8.00. The van der Waals surface area contributed by atoms with Crippen LogP contribution in [0.5, 0.6) is 0 Å². The van der Waals surface area contributed by atoms with E-state index in [1.165, 1.54) is 7.11 Å². The van der Waals surface area contributed by atoms with Gasteiger partial charge in [-0.1, -0.05) is 0 Å². The van der Waals surface area contributed by atoms with Gasteiger partial charge in [0.05, 0.1) is 7.11 Å². The van der Waals surface area contributed by atoms with Gasteiger partial charge in [-0.3, -0.25) is 9.68 Å². The van der Waals surface area contributed by atoms with Crippen molar-refractivity contribution in [2.24, 2.45) is 0 Å². The number of esters is 1. The molecule has 0 N–H and O–H groups in total. The molecule has 0 spiro atoms. The molecule has 5 nitrogen and oxygen atoms in total. The SMILES string of the molecule is COOC(=O)C1CCC(=O)O1. The van der Waals surface area contributed by atoms with E-state index in [1.807, 2.05) is 0 Å². The molecule has 5 heteroatoms. The van der Waals surface area contributed by atoms with Crippen molar-refractivity contribution < 1.29 is 24.1 Å². The average Bonchev–Trinajstić information content (AvgIpc) is 2.36. The Labute approximate surface area is 63.2 Å². The van der Waals surface area contributed by atoms with E-state index < -0.39 is 12.1 Å². The number of cyclic esters (lactones) is 1. The van der Waals surface area contributed by atoms with E-state index in [2.05, 4.69) is 14.5 Å². The Balaban J connectivity index is 2.37. The van der Waals surface area contributed by atoms with Crippen LogP contribution in [0.3, 0.4) is 0 Å². The van der Waals surface area contributed by atoms with Crippen molar-refractivity contribution in [2.75, 3.05) is 7.11 Å². The highest BCUT2D eigenvalue weighted by molar-refractivity contribution is 5.82. The van der Waals surface area contributed by atoms with Gasteiger partial charge in [0.25, 0.3) is 0 Å². The van der Waals surface area contributed by atoms with Crippen molar-refractivity contribution in [3.8, 4) is 0 Å². The first-order chi connectivity index (χ1) is 5.24. The van der Waals surface area contributed by atoms with Gasteiger partial charge in [-0.05, 0) is 0 Å². The van der Waals surface area contributed by atoms with Gasteiger partial charge in [0.1, 0.15) is 0 Å². The first-order valence-corrected chi connectivity index (χ1v) is 3.18. The molecular weight excluding hydrogens is 152 g/mol. The molecule has 0 bridgehead atoms. The fourth-order valence-electron chi connectivity index (χ4n) is 0.827. The molecule has 0 saturated carbocycles. The fraction of sp³-hybridized carbons (Fsp3) is 0.667. The van der Waals surface area contributed by atoms with Crippen LogP contribution in [0, 0.1) is 0 Å². The Morgan fingerprint density at radius 1 is 1.73 bits per heavy atom. The van der Waals surface area contributed by atoms with E-state index in [9.17, 15) is 9.59 Å². The van der Waals surface area contributed by atoms with Gasteiger partial charge in [0.2, 0.25) is 6.10 Å². The molecule has 0 aromatic carbocycles. The zero-order valence-corrected chi connectivity index (χ0v) is 6.03. The second kappa shape index (κ2) is 3.34. The van der Waals surface area contributed by atoms with Gasteiger partial charge in [-0.15, -0.1) is 0 Å². The summed E-state index contributed by atoms with van der Waals surface area (Å²) in [7, 11) is 1.22. The van der Waals surface area contributed by atoms with Crippen LogP contribution >= 0.6 is 0 Å². The van der Waals surface area contributed by atoms with Gasteiger partial charge in [-0.25, -0.2) is 4.79 Å². The van der Waals surface area contributed by atoms with Crippen LogP contribution in [-0.2, 0) is 24.1 Å². The highest BCUT2D eigenvalue weighted by atomic mass is 17.2. The number of hydrogen-bond acceptors (Lipinski definition) is 5. The molecule has 0 radical (unpaired) electrons. The van der Waals surface area contributed by atoms with Crippen molar-refractivity contribution in [3.05, 3.63) is 0 Å². The normalized spacial score (nSPS) is 23.0. The summed E-state index contributed by atoms with van der Waals surface area (Å²) < 4.78 is 4.58. The van der Waals surface area contributed by atoms with Gasteiger partial charge >= 0.3 is 11.9 Å². The molecule has 1 aliphatic rings. The van der Waals surface area contributed by atoms with Crippen LogP contribution in [-0.4, -0.2) is 25.2 Å². The predicted molar refractivity (Wildman–Crippen MR) is 32.2 cm³/mol. The van der Waals surface area contributed by atoms with Crippen molar-refractivity contribution in [1.82, 2.24) is 0 Å². The molecule has 0 aromatic heterocycles. The Morgan fingerprint density at radius 2 is 2.45 bits per heavy atom. The van der Waals surface area contributed by atoms with Gasteiger partial charge < -0.3 is 4.74 Å². The largest absolute Gasteiger partial charge is 0.450 e.